The summed E-state index contributed by atoms with van der Waals surface area (Å²) in [6, 6.07) is 6.48. The summed E-state index contributed by atoms with van der Waals surface area (Å²) in [6.07, 6.45) is 4.56. The molecule has 17 heavy (non-hydrogen) atoms. The minimum atomic E-state index is 0.794. The van der Waals surface area contributed by atoms with E-state index in [-0.39, 0.29) is 0 Å². The molecule has 1 fully saturated rings. The number of para-hydroxylation sites is 1. The molecule has 0 saturated carbocycles. The van der Waals surface area contributed by atoms with Gasteiger partial charge in [0.15, 0.2) is 0 Å². The Labute approximate surface area is 102 Å². The van der Waals surface area contributed by atoms with Crippen LogP contribution in [0.15, 0.2) is 24.5 Å². The maximum absolute atomic E-state index is 4.54. The van der Waals surface area contributed by atoms with Crippen LogP contribution in [0.5, 0.6) is 0 Å². The lowest BCUT2D eigenvalue weighted by Crippen LogP contribution is -2.34. The van der Waals surface area contributed by atoms with Crippen molar-refractivity contribution in [3.8, 4) is 0 Å². The zero-order valence-corrected chi connectivity index (χ0v) is 10.6. The van der Waals surface area contributed by atoms with E-state index < -0.39 is 0 Å². The van der Waals surface area contributed by atoms with Crippen molar-refractivity contribution in [1.82, 2.24) is 9.55 Å². The van der Waals surface area contributed by atoms with Gasteiger partial charge in [-0.3, -0.25) is 0 Å². The predicted octanol–water partition coefficient (Wildman–Crippen LogP) is 2.81. The Morgan fingerprint density at radius 3 is 3.06 bits per heavy atom. The third-order valence-electron chi connectivity index (χ3n) is 3.73. The van der Waals surface area contributed by atoms with Crippen molar-refractivity contribution in [2.75, 3.05) is 18.0 Å². The molecule has 0 aliphatic carbocycles. The van der Waals surface area contributed by atoms with Crippen molar-refractivity contribution in [1.29, 1.82) is 0 Å². The van der Waals surface area contributed by atoms with Crippen LogP contribution in [0.2, 0.25) is 0 Å². The van der Waals surface area contributed by atoms with Gasteiger partial charge in [-0.2, -0.15) is 0 Å². The molecule has 1 aliphatic rings. The van der Waals surface area contributed by atoms with Gasteiger partial charge >= 0.3 is 0 Å². The lowest BCUT2D eigenvalue weighted by Gasteiger charge is -2.32. The molecule has 1 aromatic carbocycles. The first-order valence-corrected chi connectivity index (χ1v) is 6.40. The molecule has 3 nitrogen and oxygen atoms in total. The monoisotopic (exact) mass is 229 g/mol. The van der Waals surface area contributed by atoms with Gasteiger partial charge in [0.05, 0.1) is 17.5 Å². The number of fused-ring (bicyclic) bond motifs is 1. The standard InChI is InChI=1S/C14H19N3/c1-11-5-4-8-17(9-11)13-7-3-6-12-14(13)15-10-16(12)2/h3,6-7,10-11H,4-5,8-9H2,1-2H3/t11-/m0/s1. The smallest absolute Gasteiger partial charge is 0.112 e. The van der Waals surface area contributed by atoms with Crippen LogP contribution in [0, 0.1) is 5.92 Å². The molecule has 0 N–H and O–H groups in total. The molecule has 0 unspecified atom stereocenters. The normalized spacial score (nSPS) is 21.1. The van der Waals surface area contributed by atoms with Gasteiger partial charge < -0.3 is 9.47 Å². The second-order valence-electron chi connectivity index (χ2n) is 5.19. The number of benzene rings is 1. The molecule has 3 heteroatoms. The minimum Gasteiger partial charge on any atom is -0.369 e. The summed E-state index contributed by atoms with van der Waals surface area (Å²) >= 11 is 0. The van der Waals surface area contributed by atoms with Crippen molar-refractivity contribution >= 4 is 16.7 Å². The molecule has 90 valence electrons. The highest BCUT2D eigenvalue weighted by atomic mass is 15.2. The van der Waals surface area contributed by atoms with E-state index in [0.29, 0.717) is 0 Å². The zero-order chi connectivity index (χ0) is 11.8. The molecule has 1 saturated heterocycles. The summed E-state index contributed by atoms with van der Waals surface area (Å²) in [4.78, 5) is 7.03. The number of imidazole rings is 1. The van der Waals surface area contributed by atoms with Crippen LogP contribution < -0.4 is 4.90 Å². The van der Waals surface area contributed by atoms with Gasteiger partial charge in [0.2, 0.25) is 0 Å². The van der Waals surface area contributed by atoms with Crippen LogP contribution in [-0.2, 0) is 7.05 Å². The van der Waals surface area contributed by atoms with Crippen molar-refractivity contribution < 1.29 is 0 Å². The maximum Gasteiger partial charge on any atom is 0.112 e. The van der Waals surface area contributed by atoms with Crippen LogP contribution in [0.3, 0.4) is 0 Å². The number of rotatable bonds is 1. The van der Waals surface area contributed by atoms with Gasteiger partial charge in [0.25, 0.3) is 0 Å². The largest absolute Gasteiger partial charge is 0.369 e. The Morgan fingerprint density at radius 1 is 1.35 bits per heavy atom. The molecule has 0 spiro atoms. The topological polar surface area (TPSA) is 21.1 Å². The van der Waals surface area contributed by atoms with Gasteiger partial charge in [-0.25, -0.2) is 4.98 Å². The highest BCUT2D eigenvalue weighted by Crippen LogP contribution is 2.28. The molecule has 3 rings (SSSR count). The molecule has 2 heterocycles. The average Bonchev–Trinajstić information content (AvgIpc) is 2.71. The molecule has 0 radical (unpaired) electrons. The molecule has 1 atom stereocenters. The molecule has 1 aromatic heterocycles. The predicted molar refractivity (Wildman–Crippen MR) is 71.3 cm³/mol. The number of aromatic nitrogens is 2. The summed E-state index contributed by atoms with van der Waals surface area (Å²) in [6.45, 7) is 4.67. The number of hydrogen-bond acceptors (Lipinski definition) is 2. The zero-order valence-electron chi connectivity index (χ0n) is 10.6. The summed E-state index contributed by atoms with van der Waals surface area (Å²) < 4.78 is 2.09. The highest BCUT2D eigenvalue weighted by Gasteiger charge is 2.19. The van der Waals surface area contributed by atoms with Crippen molar-refractivity contribution in [3.63, 3.8) is 0 Å². The summed E-state index contributed by atoms with van der Waals surface area (Å²) in [7, 11) is 2.05. The van der Waals surface area contributed by atoms with Crippen LogP contribution in [-0.4, -0.2) is 22.6 Å². The second-order valence-corrected chi connectivity index (χ2v) is 5.19. The molecule has 1 aliphatic heterocycles. The Bertz CT molecular complexity index is 529. The second kappa shape index (κ2) is 4.06. The fourth-order valence-electron chi connectivity index (χ4n) is 2.81. The lowest BCUT2D eigenvalue weighted by atomic mass is 9.99. The van der Waals surface area contributed by atoms with Crippen molar-refractivity contribution in [2.24, 2.45) is 13.0 Å². The highest BCUT2D eigenvalue weighted by molar-refractivity contribution is 5.89. The van der Waals surface area contributed by atoms with Crippen LogP contribution >= 0.6 is 0 Å². The van der Waals surface area contributed by atoms with Gasteiger partial charge in [0, 0.05) is 20.1 Å². The molecule has 0 bridgehead atoms. The van der Waals surface area contributed by atoms with E-state index in [1.165, 1.54) is 30.6 Å². The Kier molecular flexibility index (Phi) is 2.54. The maximum atomic E-state index is 4.54. The number of piperidine rings is 1. The van der Waals surface area contributed by atoms with Crippen LogP contribution in [0.25, 0.3) is 11.0 Å². The summed E-state index contributed by atoms with van der Waals surface area (Å²) in [5.74, 6) is 0.794. The quantitative estimate of drug-likeness (QED) is 0.749. The van der Waals surface area contributed by atoms with Crippen molar-refractivity contribution in [2.45, 2.75) is 19.8 Å². The average molecular weight is 229 g/mol. The summed E-state index contributed by atoms with van der Waals surface area (Å²) in [5, 5.41) is 0. The Morgan fingerprint density at radius 2 is 2.24 bits per heavy atom. The Balaban J connectivity index is 2.04. The fraction of sp³-hybridized carbons (Fsp3) is 0.500. The number of nitrogens with zero attached hydrogens (tertiary/aromatic N) is 3. The van der Waals surface area contributed by atoms with Crippen molar-refractivity contribution in [3.05, 3.63) is 24.5 Å². The van der Waals surface area contributed by atoms with E-state index in [4.69, 9.17) is 0 Å². The van der Waals surface area contributed by atoms with E-state index >= 15 is 0 Å². The molecular weight excluding hydrogens is 210 g/mol. The Hall–Kier alpha value is -1.51. The molecule has 2 aromatic rings. The van der Waals surface area contributed by atoms with Gasteiger partial charge in [-0.1, -0.05) is 13.0 Å². The van der Waals surface area contributed by atoms with E-state index in [2.05, 4.69) is 46.6 Å². The number of aryl methyl sites for hydroxylation is 1. The van der Waals surface area contributed by atoms with Gasteiger partial charge in [0.1, 0.15) is 5.52 Å². The van der Waals surface area contributed by atoms with Gasteiger partial charge in [-0.05, 0) is 30.9 Å². The van der Waals surface area contributed by atoms with Crippen LogP contribution in [0.4, 0.5) is 5.69 Å². The molecular formula is C14H19N3. The van der Waals surface area contributed by atoms with E-state index in [9.17, 15) is 0 Å². The van der Waals surface area contributed by atoms with Crippen LogP contribution in [0.1, 0.15) is 19.8 Å². The van der Waals surface area contributed by atoms with E-state index in [1.54, 1.807) is 0 Å². The van der Waals surface area contributed by atoms with E-state index in [0.717, 1.165) is 18.0 Å². The lowest BCUT2D eigenvalue weighted by molar-refractivity contribution is 0.447. The first-order valence-electron chi connectivity index (χ1n) is 6.40. The van der Waals surface area contributed by atoms with Gasteiger partial charge in [-0.15, -0.1) is 0 Å². The third kappa shape index (κ3) is 1.79. The third-order valence-corrected chi connectivity index (χ3v) is 3.73. The minimum absolute atomic E-state index is 0.794. The number of hydrogen-bond donors (Lipinski definition) is 0. The number of anilines is 1. The first kappa shape index (κ1) is 10.6. The molecule has 0 amide bonds. The van der Waals surface area contributed by atoms with E-state index in [1.807, 2.05) is 6.33 Å². The first-order chi connectivity index (χ1) is 8.25. The summed E-state index contributed by atoms with van der Waals surface area (Å²) in [5.41, 5.74) is 3.67. The fourth-order valence-corrected chi connectivity index (χ4v) is 2.81. The SMILES string of the molecule is C[C@H]1CCCN(c2cccc3c2ncn3C)C1.